The quantitative estimate of drug-likeness (QED) is 0.767. The van der Waals surface area contributed by atoms with Gasteiger partial charge in [0.2, 0.25) is 0 Å². The lowest BCUT2D eigenvalue weighted by atomic mass is 10.0. The Kier molecular flexibility index (Phi) is 3.14. The SMILES string of the molecule is CCCCN1CCCc2cccc(N)c21. The topological polar surface area (TPSA) is 29.3 Å². The number of hydrogen-bond donors (Lipinski definition) is 1. The van der Waals surface area contributed by atoms with Gasteiger partial charge < -0.3 is 10.6 Å². The van der Waals surface area contributed by atoms with Crippen molar-refractivity contribution in [2.24, 2.45) is 0 Å². The molecule has 0 spiro atoms. The van der Waals surface area contributed by atoms with E-state index in [1.165, 1.54) is 43.5 Å². The first-order valence-electron chi connectivity index (χ1n) is 5.95. The van der Waals surface area contributed by atoms with E-state index in [-0.39, 0.29) is 0 Å². The Hall–Kier alpha value is -1.18. The third-order valence-corrected chi connectivity index (χ3v) is 3.12. The van der Waals surface area contributed by atoms with Gasteiger partial charge in [-0.2, -0.15) is 0 Å². The molecule has 0 atom stereocenters. The van der Waals surface area contributed by atoms with Crippen LogP contribution in [0.25, 0.3) is 0 Å². The third-order valence-electron chi connectivity index (χ3n) is 3.12. The summed E-state index contributed by atoms with van der Waals surface area (Å²) in [6.45, 7) is 4.55. The zero-order valence-electron chi connectivity index (χ0n) is 9.50. The van der Waals surface area contributed by atoms with Crippen molar-refractivity contribution in [3.63, 3.8) is 0 Å². The predicted octanol–water partition coefficient (Wildman–Crippen LogP) is 2.82. The minimum atomic E-state index is 0.948. The fourth-order valence-corrected chi connectivity index (χ4v) is 2.34. The molecule has 2 rings (SSSR count). The molecule has 2 heteroatoms. The van der Waals surface area contributed by atoms with Crippen LogP contribution in [0.2, 0.25) is 0 Å². The maximum atomic E-state index is 6.06. The Morgan fingerprint density at radius 2 is 2.27 bits per heavy atom. The van der Waals surface area contributed by atoms with Crippen molar-refractivity contribution in [3.8, 4) is 0 Å². The van der Waals surface area contributed by atoms with Crippen molar-refractivity contribution in [1.29, 1.82) is 0 Å². The van der Waals surface area contributed by atoms with Crippen LogP contribution in [0.15, 0.2) is 18.2 Å². The average Bonchev–Trinajstić information content (AvgIpc) is 2.26. The average molecular weight is 204 g/mol. The van der Waals surface area contributed by atoms with Gasteiger partial charge in [0, 0.05) is 13.1 Å². The van der Waals surface area contributed by atoms with Crippen LogP contribution in [0.1, 0.15) is 31.7 Å². The number of aryl methyl sites for hydroxylation is 1. The zero-order chi connectivity index (χ0) is 10.7. The summed E-state index contributed by atoms with van der Waals surface area (Å²) in [5, 5.41) is 0. The predicted molar refractivity (Wildman–Crippen MR) is 66.3 cm³/mol. The molecular formula is C13H20N2. The van der Waals surface area contributed by atoms with E-state index in [1.54, 1.807) is 0 Å². The van der Waals surface area contributed by atoms with Gasteiger partial charge in [0.1, 0.15) is 0 Å². The lowest BCUT2D eigenvalue weighted by molar-refractivity contribution is 0.659. The number of nitrogens with zero attached hydrogens (tertiary/aromatic N) is 1. The molecule has 2 nitrogen and oxygen atoms in total. The molecule has 0 saturated carbocycles. The van der Waals surface area contributed by atoms with Crippen LogP contribution in [-0.4, -0.2) is 13.1 Å². The van der Waals surface area contributed by atoms with Crippen molar-refractivity contribution in [2.45, 2.75) is 32.6 Å². The maximum absolute atomic E-state index is 6.06. The van der Waals surface area contributed by atoms with Crippen LogP contribution in [0, 0.1) is 0 Å². The fraction of sp³-hybridized carbons (Fsp3) is 0.538. The molecule has 0 aliphatic carbocycles. The first-order valence-corrected chi connectivity index (χ1v) is 5.95. The summed E-state index contributed by atoms with van der Waals surface area (Å²) in [5.74, 6) is 0. The number of fused-ring (bicyclic) bond motifs is 1. The van der Waals surface area contributed by atoms with Crippen LogP contribution in [0.4, 0.5) is 11.4 Å². The summed E-state index contributed by atoms with van der Waals surface area (Å²) in [6, 6.07) is 6.30. The van der Waals surface area contributed by atoms with E-state index in [4.69, 9.17) is 5.73 Å². The molecule has 0 radical (unpaired) electrons. The second-order valence-electron chi connectivity index (χ2n) is 4.30. The Balaban J connectivity index is 2.24. The first kappa shape index (κ1) is 10.3. The molecule has 15 heavy (non-hydrogen) atoms. The minimum absolute atomic E-state index is 0.948. The zero-order valence-corrected chi connectivity index (χ0v) is 9.50. The molecule has 1 heterocycles. The highest BCUT2D eigenvalue weighted by Crippen LogP contribution is 2.32. The first-order chi connectivity index (χ1) is 7.33. The number of nitrogens with two attached hydrogens (primary N) is 1. The van der Waals surface area contributed by atoms with Crippen LogP contribution in [-0.2, 0) is 6.42 Å². The van der Waals surface area contributed by atoms with E-state index >= 15 is 0 Å². The van der Waals surface area contributed by atoms with Gasteiger partial charge in [0.15, 0.2) is 0 Å². The van der Waals surface area contributed by atoms with Gasteiger partial charge in [0.25, 0.3) is 0 Å². The van der Waals surface area contributed by atoms with E-state index in [2.05, 4.69) is 24.0 Å². The van der Waals surface area contributed by atoms with Crippen LogP contribution in [0.3, 0.4) is 0 Å². The lowest BCUT2D eigenvalue weighted by Gasteiger charge is -2.32. The summed E-state index contributed by atoms with van der Waals surface area (Å²) in [7, 11) is 0. The van der Waals surface area contributed by atoms with E-state index in [9.17, 15) is 0 Å². The standard InChI is InChI=1S/C13H20N2/c1-2-3-9-15-10-5-7-11-6-4-8-12(14)13(11)15/h4,6,8H,2-3,5,7,9-10,14H2,1H3. The van der Waals surface area contributed by atoms with Crippen molar-refractivity contribution in [3.05, 3.63) is 23.8 Å². The Morgan fingerprint density at radius 3 is 3.07 bits per heavy atom. The molecule has 1 aliphatic heterocycles. The highest BCUT2D eigenvalue weighted by molar-refractivity contribution is 5.72. The van der Waals surface area contributed by atoms with Gasteiger partial charge in [0.05, 0.1) is 11.4 Å². The van der Waals surface area contributed by atoms with Gasteiger partial charge >= 0.3 is 0 Å². The van der Waals surface area contributed by atoms with E-state index in [1.807, 2.05) is 6.07 Å². The Labute approximate surface area is 92.1 Å². The highest BCUT2D eigenvalue weighted by Gasteiger charge is 2.17. The molecular weight excluding hydrogens is 184 g/mol. The molecule has 0 unspecified atom stereocenters. The third kappa shape index (κ3) is 2.09. The summed E-state index contributed by atoms with van der Waals surface area (Å²) < 4.78 is 0. The van der Waals surface area contributed by atoms with Crippen LogP contribution < -0.4 is 10.6 Å². The van der Waals surface area contributed by atoms with Crippen molar-refractivity contribution >= 4 is 11.4 Å². The highest BCUT2D eigenvalue weighted by atomic mass is 15.1. The molecule has 0 aromatic heterocycles. The summed E-state index contributed by atoms with van der Waals surface area (Å²) in [6.07, 6.45) is 4.95. The van der Waals surface area contributed by atoms with Crippen molar-refractivity contribution in [1.82, 2.24) is 0 Å². The van der Waals surface area contributed by atoms with Gasteiger partial charge in [-0.05, 0) is 30.9 Å². The number of anilines is 2. The van der Waals surface area contributed by atoms with Crippen LogP contribution in [0.5, 0.6) is 0 Å². The number of nitrogen functional groups attached to an aromatic ring is 1. The fourth-order valence-electron chi connectivity index (χ4n) is 2.34. The second-order valence-corrected chi connectivity index (χ2v) is 4.30. The molecule has 1 aliphatic rings. The number of benzene rings is 1. The van der Waals surface area contributed by atoms with Gasteiger partial charge in [-0.1, -0.05) is 25.5 Å². The van der Waals surface area contributed by atoms with Crippen molar-refractivity contribution < 1.29 is 0 Å². The van der Waals surface area contributed by atoms with Crippen LogP contribution >= 0.6 is 0 Å². The van der Waals surface area contributed by atoms with E-state index in [0.717, 1.165) is 12.2 Å². The minimum Gasteiger partial charge on any atom is -0.397 e. The van der Waals surface area contributed by atoms with Gasteiger partial charge in [-0.3, -0.25) is 0 Å². The Morgan fingerprint density at radius 1 is 1.40 bits per heavy atom. The molecule has 1 aromatic rings. The summed E-state index contributed by atoms with van der Waals surface area (Å²) in [4.78, 5) is 2.46. The molecule has 0 amide bonds. The van der Waals surface area contributed by atoms with Gasteiger partial charge in [-0.15, -0.1) is 0 Å². The lowest BCUT2D eigenvalue weighted by Crippen LogP contribution is -2.31. The molecule has 0 fully saturated rings. The summed E-state index contributed by atoms with van der Waals surface area (Å²) in [5.41, 5.74) is 9.74. The molecule has 82 valence electrons. The van der Waals surface area contributed by atoms with Crippen molar-refractivity contribution in [2.75, 3.05) is 23.7 Å². The second kappa shape index (κ2) is 4.56. The van der Waals surface area contributed by atoms with E-state index in [0.29, 0.717) is 0 Å². The normalized spacial score (nSPS) is 15.1. The molecule has 0 bridgehead atoms. The number of para-hydroxylation sites is 1. The molecule has 0 saturated heterocycles. The van der Waals surface area contributed by atoms with Gasteiger partial charge in [-0.25, -0.2) is 0 Å². The summed E-state index contributed by atoms with van der Waals surface area (Å²) >= 11 is 0. The smallest absolute Gasteiger partial charge is 0.0632 e. The molecule has 1 aromatic carbocycles. The monoisotopic (exact) mass is 204 g/mol. The Bertz CT molecular complexity index is 333. The number of unbranched alkanes of at least 4 members (excludes halogenated alkanes) is 1. The van der Waals surface area contributed by atoms with E-state index < -0.39 is 0 Å². The largest absolute Gasteiger partial charge is 0.397 e. The number of rotatable bonds is 3. The number of hydrogen-bond acceptors (Lipinski definition) is 2. The molecule has 2 N–H and O–H groups in total. The maximum Gasteiger partial charge on any atom is 0.0632 e.